The maximum atomic E-state index is 2.42. The van der Waals surface area contributed by atoms with Crippen LogP contribution < -0.4 is 0 Å². The highest BCUT2D eigenvalue weighted by molar-refractivity contribution is 5.21. The summed E-state index contributed by atoms with van der Waals surface area (Å²) in [5.74, 6) is 0. The van der Waals surface area contributed by atoms with E-state index in [4.69, 9.17) is 0 Å². The summed E-state index contributed by atoms with van der Waals surface area (Å²) in [6, 6.07) is 9.08. The molecule has 0 bridgehead atoms. The summed E-state index contributed by atoms with van der Waals surface area (Å²) >= 11 is 0. The van der Waals surface area contributed by atoms with Gasteiger partial charge in [0.25, 0.3) is 0 Å². The van der Waals surface area contributed by atoms with Crippen LogP contribution in [0.4, 0.5) is 0 Å². The van der Waals surface area contributed by atoms with E-state index in [9.17, 15) is 0 Å². The van der Waals surface area contributed by atoms with E-state index in [-0.39, 0.29) is 0 Å². The summed E-state index contributed by atoms with van der Waals surface area (Å²) in [5.41, 5.74) is 2.88. The smallest absolute Gasteiger partial charge is 0.0836 e. The Morgan fingerprint density at radius 1 is 0.429 bits per heavy atom. The molecule has 0 atom stereocenters. The number of aryl methyl sites for hydroxylation is 2. The average molecular weight is 489 g/mol. The Morgan fingerprint density at radius 3 is 1.23 bits per heavy atom. The van der Waals surface area contributed by atoms with Crippen LogP contribution >= 0.6 is 0 Å². The minimum Gasteiger partial charge on any atom is -0.331 e. The standard InChI is InChI=1S/C33H64N2/c1-32-25-27-33(28-26-32)24-21-19-17-15-13-11-9-7-8-10-12-14-16-18-20-22-30-35(5,6)31-23-29-34(2,3)4/h25-28H,7-24,29-31H2,1-6H3/q+2. The van der Waals surface area contributed by atoms with Crippen molar-refractivity contribution in [1.82, 2.24) is 0 Å². The minimum absolute atomic E-state index is 1.09. The van der Waals surface area contributed by atoms with Gasteiger partial charge in [0, 0.05) is 6.42 Å². The van der Waals surface area contributed by atoms with Gasteiger partial charge in [-0.15, -0.1) is 0 Å². The van der Waals surface area contributed by atoms with Crippen LogP contribution in [0.5, 0.6) is 0 Å². The molecule has 1 aromatic rings. The highest BCUT2D eigenvalue weighted by Crippen LogP contribution is 2.15. The van der Waals surface area contributed by atoms with Gasteiger partial charge in [-0.05, 0) is 38.2 Å². The quantitative estimate of drug-likeness (QED) is 0.106. The van der Waals surface area contributed by atoms with Gasteiger partial charge < -0.3 is 8.97 Å². The van der Waals surface area contributed by atoms with Gasteiger partial charge in [0.15, 0.2) is 0 Å². The molecular weight excluding hydrogens is 424 g/mol. The molecule has 0 aromatic heterocycles. The van der Waals surface area contributed by atoms with Crippen LogP contribution in [0.1, 0.15) is 120 Å². The van der Waals surface area contributed by atoms with Gasteiger partial charge in [-0.25, -0.2) is 0 Å². The second kappa shape index (κ2) is 19.3. The van der Waals surface area contributed by atoms with Crippen molar-refractivity contribution in [3.05, 3.63) is 35.4 Å². The van der Waals surface area contributed by atoms with E-state index in [0.717, 1.165) is 4.48 Å². The topological polar surface area (TPSA) is 0 Å². The molecule has 1 aromatic carbocycles. The zero-order valence-electron chi connectivity index (χ0n) is 25.1. The van der Waals surface area contributed by atoms with E-state index in [2.05, 4.69) is 66.4 Å². The van der Waals surface area contributed by atoms with Gasteiger partial charge in [-0.3, -0.25) is 0 Å². The number of benzene rings is 1. The third-order valence-corrected chi connectivity index (χ3v) is 7.69. The Morgan fingerprint density at radius 2 is 0.800 bits per heavy atom. The summed E-state index contributed by atoms with van der Waals surface area (Å²) in [7, 11) is 11.7. The molecule has 0 radical (unpaired) electrons. The lowest BCUT2D eigenvalue weighted by Gasteiger charge is -2.31. The Labute approximate surface area is 221 Å². The SMILES string of the molecule is Cc1ccc(CCCCCCCCCCCCCCCCCC[N+](C)(C)CCC[N+](C)(C)C)cc1. The molecule has 0 aliphatic rings. The minimum atomic E-state index is 1.09. The first-order chi connectivity index (χ1) is 16.7. The van der Waals surface area contributed by atoms with E-state index >= 15 is 0 Å². The lowest BCUT2D eigenvalue weighted by Crippen LogP contribution is -2.44. The van der Waals surface area contributed by atoms with Gasteiger partial charge in [0.05, 0.1) is 54.9 Å². The Hall–Kier alpha value is -0.860. The summed E-state index contributed by atoms with van der Waals surface area (Å²) in [5, 5.41) is 0. The van der Waals surface area contributed by atoms with Crippen LogP contribution in [0.2, 0.25) is 0 Å². The maximum Gasteiger partial charge on any atom is 0.0836 e. The highest BCUT2D eigenvalue weighted by atomic mass is 15.3. The van der Waals surface area contributed by atoms with Crippen molar-refractivity contribution < 1.29 is 8.97 Å². The number of hydrogen-bond donors (Lipinski definition) is 0. The molecular formula is C33H64N2+2. The van der Waals surface area contributed by atoms with Crippen molar-refractivity contribution in [2.45, 2.75) is 122 Å². The molecule has 0 N–H and O–H groups in total. The Balaban J connectivity index is 1.77. The predicted molar refractivity (Wildman–Crippen MR) is 158 cm³/mol. The van der Waals surface area contributed by atoms with Crippen molar-refractivity contribution in [2.24, 2.45) is 0 Å². The molecule has 0 amide bonds. The molecule has 2 heteroatoms. The van der Waals surface area contributed by atoms with Crippen molar-refractivity contribution in [2.75, 3.05) is 54.9 Å². The summed E-state index contributed by atoms with van der Waals surface area (Å²) in [6.45, 7) is 6.13. The first-order valence-corrected chi connectivity index (χ1v) is 15.4. The van der Waals surface area contributed by atoms with Gasteiger partial charge in [-0.1, -0.05) is 113 Å². The number of nitrogens with zero attached hydrogens (tertiary/aromatic N) is 2. The fourth-order valence-corrected chi connectivity index (χ4v) is 5.18. The summed E-state index contributed by atoms with van der Waals surface area (Å²) in [6.07, 6.45) is 25.7. The molecule has 0 unspecified atom stereocenters. The van der Waals surface area contributed by atoms with Crippen LogP contribution in [-0.2, 0) is 6.42 Å². The van der Waals surface area contributed by atoms with Crippen LogP contribution in [0.15, 0.2) is 24.3 Å². The van der Waals surface area contributed by atoms with Crippen LogP contribution in [-0.4, -0.2) is 63.8 Å². The zero-order chi connectivity index (χ0) is 25.8. The van der Waals surface area contributed by atoms with E-state index in [1.165, 1.54) is 151 Å². The molecule has 0 aliphatic heterocycles. The van der Waals surface area contributed by atoms with E-state index in [1.54, 1.807) is 0 Å². The van der Waals surface area contributed by atoms with Gasteiger partial charge in [0.2, 0.25) is 0 Å². The number of rotatable bonds is 23. The van der Waals surface area contributed by atoms with Crippen molar-refractivity contribution in [3.63, 3.8) is 0 Å². The molecule has 0 fully saturated rings. The third kappa shape index (κ3) is 21.0. The van der Waals surface area contributed by atoms with Crippen LogP contribution in [0.3, 0.4) is 0 Å². The lowest BCUT2D eigenvalue weighted by molar-refractivity contribution is -0.902. The van der Waals surface area contributed by atoms with E-state index in [1.807, 2.05) is 0 Å². The van der Waals surface area contributed by atoms with E-state index < -0.39 is 0 Å². The Kier molecular flexibility index (Phi) is 17.7. The number of quaternary nitrogens is 2. The molecule has 204 valence electrons. The second-order valence-electron chi connectivity index (χ2n) is 13.1. The molecule has 0 saturated heterocycles. The molecule has 2 nitrogen and oxygen atoms in total. The van der Waals surface area contributed by atoms with Crippen molar-refractivity contribution in [1.29, 1.82) is 0 Å². The second-order valence-corrected chi connectivity index (χ2v) is 13.1. The third-order valence-electron chi connectivity index (χ3n) is 7.69. The summed E-state index contributed by atoms with van der Waals surface area (Å²) in [4.78, 5) is 0. The first-order valence-electron chi connectivity index (χ1n) is 15.4. The molecule has 1 rings (SSSR count). The molecule has 0 aliphatic carbocycles. The monoisotopic (exact) mass is 489 g/mol. The highest BCUT2D eigenvalue weighted by Gasteiger charge is 2.16. The number of hydrogen-bond acceptors (Lipinski definition) is 0. The Bertz CT molecular complexity index is 597. The van der Waals surface area contributed by atoms with Gasteiger partial charge in [0.1, 0.15) is 0 Å². The number of unbranched alkanes of at least 4 members (excludes halogenated alkanes) is 15. The normalized spacial score (nSPS) is 12.4. The van der Waals surface area contributed by atoms with Crippen molar-refractivity contribution in [3.8, 4) is 0 Å². The molecule has 0 saturated carbocycles. The first kappa shape index (κ1) is 32.2. The molecule has 35 heavy (non-hydrogen) atoms. The van der Waals surface area contributed by atoms with E-state index in [0.29, 0.717) is 0 Å². The zero-order valence-corrected chi connectivity index (χ0v) is 25.1. The van der Waals surface area contributed by atoms with Gasteiger partial charge in [-0.2, -0.15) is 0 Å². The van der Waals surface area contributed by atoms with Crippen LogP contribution in [0.25, 0.3) is 0 Å². The van der Waals surface area contributed by atoms with Gasteiger partial charge >= 0.3 is 0 Å². The van der Waals surface area contributed by atoms with Crippen LogP contribution in [0, 0.1) is 6.92 Å². The van der Waals surface area contributed by atoms with Crippen molar-refractivity contribution >= 4 is 0 Å². The maximum absolute atomic E-state index is 2.42. The fourth-order valence-electron chi connectivity index (χ4n) is 5.18. The average Bonchev–Trinajstić information content (AvgIpc) is 2.78. The lowest BCUT2D eigenvalue weighted by atomic mass is 10.0. The molecule has 0 heterocycles. The summed E-state index contributed by atoms with van der Waals surface area (Å²) < 4.78 is 2.30. The largest absolute Gasteiger partial charge is 0.331 e. The molecule has 0 spiro atoms. The fraction of sp³-hybridized carbons (Fsp3) is 0.818. The predicted octanol–water partition coefficient (Wildman–Crippen LogP) is 8.95.